The van der Waals surface area contributed by atoms with Crippen LogP contribution in [0.5, 0.6) is 0 Å². The summed E-state index contributed by atoms with van der Waals surface area (Å²) in [6.45, 7) is -1.52. The number of terminal acetylenes is 3. The molecule has 0 amide bonds. The average Bonchev–Trinajstić information content (AvgIpc) is 2.68. The van der Waals surface area contributed by atoms with Crippen molar-refractivity contribution in [3.63, 3.8) is 0 Å². The summed E-state index contributed by atoms with van der Waals surface area (Å²) in [5, 5.41) is 9.77. The molecular formula is C20H24O7. The molecule has 0 fully saturated rings. The van der Waals surface area contributed by atoms with E-state index in [2.05, 4.69) is 17.8 Å². The standard InChI is InChI=1S/C20H24O7/c1-4-7-10-17(22)25-14-20(13-21,15-26-18(23)11-8-5-2)16-27-19(24)12-9-6-3/h1-3,21H,7-16H2. The molecule has 0 aliphatic carbocycles. The van der Waals surface area contributed by atoms with Crippen LogP contribution in [0.3, 0.4) is 0 Å². The van der Waals surface area contributed by atoms with E-state index in [9.17, 15) is 19.5 Å². The highest BCUT2D eigenvalue weighted by Crippen LogP contribution is 2.20. The quantitative estimate of drug-likeness (QED) is 0.289. The molecular weight excluding hydrogens is 352 g/mol. The van der Waals surface area contributed by atoms with Crippen molar-refractivity contribution in [1.29, 1.82) is 0 Å². The average molecular weight is 376 g/mol. The van der Waals surface area contributed by atoms with Gasteiger partial charge in [-0.05, 0) is 0 Å². The summed E-state index contributed by atoms with van der Waals surface area (Å²) < 4.78 is 15.3. The summed E-state index contributed by atoms with van der Waals surface area (Å²) >= 11 is 0. The van der Waals surface area contributed by atoms with E-state index in [0.29, 0.717) is 0 Å². The lowest BCUT2D eigenvalue weighted by Crippen LogP contribution is -2.42. The molecule has 0 aromatic carbocycles. The van der Waals surface area contributed by atoms with Gasteiger partial charge in [-0.2, -0.15) is 0 Å². The maximum Gasteiger partial charge on any atom is 0.306 e. The van der Waals surface area contributed by atoms with Crippen molar-refractivity contribution in [3.8, 4) is 37.0 Å². The minimum Gasteiger partial charge on any atom is -0.465 e. The summed E-state index contributed by atoms with van der Waals surface area (Å²) in [5.74, 6) is 5.18. The van der Waals surface area contributed by atoms with Crippen LogP contribution in [-0.4, -0.2) is 49.4 Å². The number of carbonyl (C=O) groups is 3. The first-order valence-corrected chi connectivity index (χ1v) is 8.31. The van der Waals surface area contributed by atoms with E-state index < -0.39 is 29.9 Å². The predicted octanol–water partition coefficient (Wildman–Crippen LogP) is 0.835. The van der Waals surface area contributed by atoms with Gasteiger partial charge in [0, 0.05) is 19.3 Å². The molecule has 0 aromatic heterocycles. The lowest BCUT2D eigenvalue weighted by atomic mass is 9.92. The van der Waals surface area contributed by atoms with Crippen molar-refractivity contribution in [2.24, 2.45) is 5.41 Å². The molecule has 0 bridgehead atoms. The van der Waals surface area contributed by atoms with Gasteiger partial charge in [-0.15, -0.1) is 37.0 Å². The Morgan fingerprint density at radius 1 is 0.704 bits per heavy atom. The fourth-order valence-electron chi connectivity index (χ4n) is 1.70. The Kier molecular flexibility index (Phi) is 12.7. The van der Waals surface area contributed by atoms with Gasteiger partial charge in [-0.3, -0.25) is 14.4 Å². The molecule has 0 saturated carbocycles. The number of esters is 3. The van der Waals surface area contributed by atoms with Gasteiger partial charge >= 0.3 is 17.9 Å². The summed E-state index contributed by atoms with van der Waals surface area (Å²) in [6, 6.07) is 0. The van der Waals surface area contributed by atoms with Crippen molar-refractivity contribution in [2.75, 3.05) is 26.4 Å². The van der Waals surface area contributed by atoms with Gasteiger partial charge in [0.15, 0.2) is 0 Å². The van der Waals surface area contributed by atoms with E-state index in [4.69, 9.17) is 33.5 Å². The molecule has 0 unspecified atom stereocenters. The number of carbonyl (C=O) groups excluding carboxylic acids is 3. The fraction of sp³-hybridized carbons (Fsp3) is 0.550. The molecule has 27 heavy (non-hydrogen) atoms. The zero-order valence-corrected chi connectivity index (χ0v) is 15.2. The Labute approximate surface area is 159 Å². The Bertz CT molecular complexity index is 532. The molecule has 7 nitrogen and oxygen atoms in total. The van der Waals surface area contributed by atoms with Crippen LogP contribution in [0.1, 0.15) is 38.5 Å². The van der Waals surface area contributed by atoms with E-state index in [1.807, 2.05) is 0 Å². The fourth-order valence-corrected chi connectivity index (χ4v) is 1.70. The third kappa shape index (κ3) is 11.3. The van der Waals surface area contributed by atoms with Crippen molar-refractivity contribution in [3.05, 3.63) is 0 Å². The van der Waals surface area contributed by atoms with E-state index in [0.717, 1.165) is 0 Å². The molecule has 0 rings (SSSR count). The van der Waals surface area contributed by atoms with E-state index in [-0.39, 0.29) is 58.3 Å². The van der Waals surface area contributed by atoms with Gasteiger partial charge in [0.1, 0.15) is 19.8 Å². The number of hydrogen-bond acceptors (Lipinski definition) is 7. The van der Waals surface area contributed by atoms with Gasteiger partial charge in [0.2, 0.25) is 0 Å². The van der Waals surface area contributed by atoms with Crippen LogP contribution >= 0.6 is 0 Å². The largest absolute Gasteiger partial charge is 0.465 e. The van der Waals surface area contributed by atoms with Crippen molar-refractivity contribution in [1.82, 2.24) is 0 Å². The molecule has 0 aliphatic rings. The second-order valence-electron chi connectivity index (χ2n) is 5.75. The SMILES string of the molecule is C#CCCC(=O)OCC(CO)(COC(=O)CCC#C)COC(=O)CCC#C. The molecule has 0 saturated heterocycles. The Morgan fingerprint density at radius 3 is 1.22 bits per heavy atom. The second kappa shape index (κ2) is 14.2. The second-order valence-corrected chi connectivity index (χ2v) is 5.75. The molecule has 0 spiro atoms. The van der Waals surface area contributed by atoms with Crippen molar-refractivity contribution in [2.45, 2.75) is 38.5 Å². The van der Waals surface area contributed by atoms with Crippen LogP contribution in [0.4, 0.5) is 0 Å². The zero-order valence-electron chi connectivity index (χ0n) is 15.2. The topological polar surface area (TPSA) is 99.1 Å². The van der Waals surface area contributed by atoms with Crippen LogP contribution in [0, 0.1) is 42.4 Å². The molecule has 146 valence electrons. The number of ether oxygens (including phenoxy) is 3. The number of aliphatic hydroxyl groups is 1. The maximum atomic E-state index is 11.7. The Hall–Kier alpha value is -2.95. The van der Waals surface area contributed by atoms with Gasteiger partial charge in [-0.1, -0.05) is 0 Å². The van der Waals surface area contributed by atoms with Crippen molar-refractivity contribution >= 4 is 17.9 Å². The van der Waals surface area contributed by atoms with Gasteiger partial charge in [-0.25, -0.2) is 0 Å². The van der Waals surface area contributed by atoms with Crippen LogP contribution < -0.4 is 0 Å². The number of aliphatic hydroxyl groups excluding tert-OH is 1. The molecule has 0 aliphatic heterocycles. The van der Waals surface area contributed by atoms with Gasteiger partial charge in [0.05, 0.1) is 31.3 Å². The highest BCUT2D eigenvalue weighted by atomic mass is 16.6. The monoisotopic (exact) mass is 376 g/mol. The third-order valence-electron chi connectivity index (χ3n) is 3.37. The summed E-state index contributed by atoms with van der Waals surface area (Å²) in [5.41, 5.74) is -1.30. The highest BCUT2D eigenvalue weighted by Gasteiger charge is 2.35. The van der Waals surface area contributed by atoms with E-state index >= 15 is 0 Å². The molecule has 7 heteroatoms. The van der Waals surface area contributed by atoms with Crippen LogP contribution in [-0.2, 0) is 28.6 Å². The lowest BCUT2D eigenvalue weighted by molar-refractivity contribution is -0.165. The third-order valence-corrected chi connectivity index (χ3v) is 3.37. The number of hydrogen-bond donors (Lipinski definition) is 1. The van der Waals surface area contributed by atoms with Crippen molar-refractivity contribution < 1.29 is 33.7 Å². The maximum absolute atomic E-state index is 11.7. The zero-order chi connectivity index (χ0) is 20.5. The first kappa shape index (κ1) is 24.1. The Balaban J connectivity index is 4.91. The molecule has 0 atom stereocenters. The minimum atomic E-state index is -1.30. The predicted molar refractivity (Wildman–Crippen MR) is 96.6 cm³/mol. The van der Waals surface area contributed by atoms with E-state index in [1.165, 1.54) is 0 Å². The van der Waals surface area contributed by atoms with E-state index in [1.54, 1.807) is 0 Å². The smallest absolute Gasteiger partial charge is 0.306 e. The molecule has 0 aromatic rings. The summed E-state index contributed by atoms with van der Waals surface area (Å²) in [7, 11) is 0. The Morgan fingerprint density at radius 2 is 1.00 bits per heavy atom. The minimum absolute atomic E-state index is 0.00191. The van der Waals surface area contributed by atoms with Crippen LogP contribution in [0.25, 0.3) is 0 Å². The van der Waals surface area contributed by atoms with Gasteiger partial charge < -0.3 is 19.3 Å². The molecule has 0 radical (unpaired) electrons. The summed E-state index contributed by atoms with van der Waals surface area (Å²) in [4.78, 5) is 35.0. The molecule has 0 heterocycles. The first-order valence-electron chi connectivity index (χ1n) is 8.31. The summed E-state index contributed by atoms with van der Waals surface area (Å²) in [6.07, 6.45) is 15.9. The number of rotatable bonds is 13. The highest BCUT2D eigenvalue weighted by molar-refractivity contribution is 5.71. The van der Waals surface area contributed by atoms with Gasteiger partial charge in [0.25, 0.3) is 0 Å². The van der Waals surface area contributed by atoms with Crippen LogP contribution in [0.15, 0.2) is 0 Å². The van der Waals surface area contributed by atoms with Crippen LogP contribution in [0.2, 0.25) is 0 Å². The normalized spacial score (nSPS) is 10.0. The first-order chi connectivity index (χ1) is 12.9. The lowest BCUT2D eigenvalue weighted by Gasteiger charge is -2.30. The molecule has 1 N–H and O–H groups in total.